The molecule has 2 aromatic rings. The van der Waals surface area contributed by atoms with Crippen molar-refractivity contribution in [3.63, 3.8) is 0 Å². The van der Waals surface area contributed by atoms with Crippen LogP contribution in [0.25, 0.3) is 0 Å². The van der Waals surface area contributed by atoms with Gasteiger partial charge in [-0.2, -0.15) is 5.10 Å². The van der Waals surface area contributed by atoms with Crippen molar-refractivity contribution in [1.29, 1.82) is 0 Å². The average molecular weight is 283 g/mol. The third-order valence-electron chi connectivity index (χ3n) is 2.45. The highest BCUT2D eigenvalue weighted by atomic mass is 32.2. The van der Waals surface area contributed by atoms with Crippen molar-refractivity contribution in [1.82, 2.24) is 24.5 Å². The number of hydrogen-bond donors (Lipinski definition) is 2. The topological polar surface area (TPSA) is 106 Å². The van der Waals surface area contributed by atoms with E-state index in [0.717, 1.165) is 11.8 Å². The molecule has 0 saturated heterocycles. The third-order valence-corrected chi connectivity index (χ3v) is 3.39. The molecule has 2 N–H and O–H groups in total. The first kappa shape index (κ1) is 13.4. The summed E-state index contributed by atoms with van der Waals surface area (Å²) in [6.45, 7) is 2.36. The maximum absolute atomic E-state index is 11.7. The predicted octanol–water partition coefficient (Wildman–Crippen LogP) is 0.206. The maximum atomic E-state index is 11.7. The van der Waals surface area contributed by atoms with Gasteiger partial charge in [0.05, 0.1) is 18.3 Å². The molecule has 1 atom stereocenters. The second-order valence-electron chi connectivity index (χ2n) is 3.94. The number of hydrogen-bond acceptors (Lipinski definition) is 5. The van der Waals surface area contributed by atoms with Gasteiger partial charge < -0.3 is 5.11 Å². The molecule has 0 aliphatic rings. The molecule has 102 valence electrons. The van der Waals surface area contributed by atoms with E-state index in [1.807, 2.05) is 6.92 Å². The van der Waals surface area contributed by atoms with Crippen LogP contribution in [0.5, 0.6) is 0 Å². The van der Waals surface area contributed by atoms with Gasteiger partial charge in [0, 0.05) is 12.4 Å². The second-order valence-corrected chi connectivity index (χ2v) is 4.88. The van der Waals surface area contributed by atoms with Crippen LogP contribution in [0.15, 0.2) is 28.4 Å². The summed E-state index contributed by atoms with van der Waals surface area (Å²) in [5.74, 6) is -1.09. The van der Waals surface area contributed by atoms with Crippen LogP contribution in [0.4, 0.5) is 0 Å². The Hall–Kier alpha value is -2.03. The van der Waals surface area contributed by atoms with Gasteiger partial charge in [-0.1, -0.05) is 11.8 Å². The molecular weight excluding hydrogens is 270 g/mol. The number of aromatic nitrogens is 5. The summed E-state index contributed by atoms with van der Waals surface area (Å²) in [7, 11) is 0. The second kappa shape index (κ2) is 5.74. The lowest BCUT2D eigenvalue weighted by Crippen LogP contribution is -2.24. The highest BCUT2D eigenvalue weighted by Gasteiger charge is 2.16. The van der Waals surface area contributed by atoms with Crippen molar-refractivity contribution in [2.45, 2.75) is 24.7 Å². The van der Waals surface area contributed by atoms with E-state index in [9.17, 15) is 9.59 Å². The Balaban J connectivity index is 2.16. The molecular formula is C10H13N5O3S. The minimum Gasteiger partial charge on any atom is -0.481 e. The van der Waals surface area contributed by atoms with Gasteiger partial charge in [-0.3, -0.25) is 14.0 Å². The van der Waals surface area contributed by atoms with Crippen molar-refractivity contribution in [3.8, 4) is 0 Å². The van der Waals surface area contributed by atoms with Crippen LogP contribution in [-0.2, 0) is 11.3 Å². The van der Waals surface area contributed by atoms with Crippen LogP contribution in [0.1, 0.15) is 13.0 Å². The van der Waals surface area contributed by atoms with Gasteiger partial charge in [0.1, 0.15) is 0 Å². The number of carbonyl (C=O) groups is 1. The average Bonchev–Trinajstić information content (AvgIpc) is 2.96. The summed E-state index contributed by atoms with van der Waals surface area (Å²) < 4.78 is 3.14. The van der Waals surface area contributed by atoms with E-state index in [2.05, 4.69) is 15.3 Å². The molecule has 2 heterocycles. The Kier molecular flexibility index (Phi) is 4.05. The Morgan fingerprint density at radius 3 is 3.05 bits per heavy atom. The molecule has 0 radical (unpaired) electrons. The molecule has 8 nitrogen and oxygen atoms in total. The van der Waals surface area contributed by atoms with Crippen LogP contribution in [0.3, 0.4) is 0 Å². The normalized spacial score (nSPS) is 12.5. The highest BCUT2D eigenvalue weighted by Crippen LogP contribution is 2.17. The lowest BCUT2D eigenvalue weighted by molar-refractivity contribution is -0.133. The summed E-state index contributed by atoms with van der Waals surface area (Å²) in [6.07, 6.45) is 3.45. The number of aromatic amines is 1. The van der Waals surface area contributed by atoms with E-state index >= 15 is 0 Å². The Bertz CT molecular complexity index is 603. The van der Waals surface area contributed by atoms with Gasteiger partial charge in [0.15, 0.2) is 5.16 Å². The number of nitrogens with one attached hydrogen (secondary N) is 1. The largest absolute Gasteiger partial charge is 0.481 e. The van der Waals surface area contributed by atoms with Crippen molar-refractivity contribution < 1.29 is 9.90 Å². The number of carboxylic acid groups (broad SMARTS) is 1. The number of rotatable bonds is 6. The molecule has 0 aliphatic heterocycles. The molecule has 19 heavy (non-hydrogen) atoms. The van der Waals surface area contributed by atoms with Gasteiger partial charge in [-0.15, -0.1) is 5.10 Å². The Labute approximate surface area is 112 Å². The predicted molar refractivity (Wildman–Crippen MR) is 68.1 cm³/mol. The van der Waals surface area contributed by atoms with Gasteiger partial charge >= 0.3 is 11.7 Å². The fraction of sp³-hybridized carbons (Fsp3) is 0.400. The lowest BCUT2D eigenvalue weighted by atomic mass is 10.3. The summed E-state index contributed by atoms with van der Waals surface area (Å²) in [4.78, 5) is 22.3. The molecule has 0 fully saturated rings. The third kappa shape index (κ3) is 3.25. The van der Waals surface area contributed by atoms with Crippen LogP contribution >= 0.6 is 11.8 Å². The number of H-pyrrole nitrogens is 1. The molecule has 0 aliphatic carbocycles. The van der Waals surface area contributed by atoms with Gasteiger partial charge in [-0.25, -0.2) is 9.89 Å². The van der Waals surface area contributed by atoms with Crippen molar-refractivity contribution in [2.75, 3.05) is 5.75 Å². The Morgan fingerprint density at radius 2 is 2.42 bits per heavy atom. The highest BCUT2D eigenvalue weighted by molar-refractivity contribution is 7.99. The minimum atomic E-state index is -0.952. The number of nitrogens with zero attached hydrogens (tertiary/aromatic N) is 4. The first-order valence-electron chi connectivity index (χ1n) is 5.57. The first-order chi connectivity index (χ1) is 9.08. The van der Waals surface area contributed by atoms with E-state index < -0.39 is 5.97 Å². The van der Waals surface area contributed by atoms with Gasteiger partial charge in [-0.05, 0) is 13.0 Å². The lowest BCUT2D eigenvalue weighted by Gasteiger charge is -2.13. The van der Waals surface area contributed by atoms with E-state index in [0.29, 0.717) is 11.7 Å². The Morgan fingerprint density at radius 1 is 1.63 bits per heavy atom. The monoisotopic (exact) mass is 283 g/mol. The minimum absolute atomic E-state index is 0.140. The van der Waals surface area contributed by atoms with Crippen LogP contribution in [0.2, 0.25) is 0 Å². The van der Waals surface area contributed by atoms with E-state index in [4.69, 9.17) is 5.11 Å². The molecule has 9 heteroatoms. The standard InChI is InChI=1S/C10H13N5O3S/c1-7(5-14-4-2-3-11-14)15-9(18)12-13-10(15)19-6-8(16)17/h2-4,7H,5-6H2,1H3,(H,12,18)(H,16,17). The number of carboxylic acids is 1. The SMILES string of the molecule is CC(Cn1cccn1)n1c(SCC(=O)O)n[nH]c1=O. The molecule has 2 aromatic heterocycles. The first-order valence-corrected chi connectivity index (χ1v) is 6.55. The quantitative estimate of drug-likeness (QED) is 0.734. The number of aliphatic carboxylic acids is 1. The van der Waals surface area contributed by atoms with Crippen molar-refractivity contribution in [2.24, 2.45) is 0 Å². The molecule has 2 rings (SSSR count). The number of thioether (sulfide) groups is 1. The van der Waals surface area contributed by atoms with E-state index in [1.54, 1.807) is 23.1 Å². The fourth-order valence-electron chi connectivity index (χ4n) is 1.67. The molecule has 0 spiro atoms. The summed E-state index contributed by atoms with van der Waals surface area (Å²) in [6, 6.07) is 1.62. The van der Waals surface area contributed by atoms with Gasteiger partial charge in [0.25, 0.3) is 0 Å². The fourth-order valence-corrected chi connectivity index (χ4v) is 2.43. The zero-order valence-electron chi connectivity index (χ0n) is 10.2. The zero-order valence-corrected chi connectivity index (χ0v) is 11.0. The summed E-state index contributed by atoms with van der Waals surface area (Å²) >= 11 is 1.01. The van der Waals surface area contributed by atoms with E-state index in [-0.39, 0.29) is 17.5 Å². The maximum Gasteiger partial charge on any atom is 0.344 e. The van der Waals surface area contributed by atoms with Gasteiger partial charge in [0.2, 0.25) is 0 Å². The van der Waals surface area contributed by atoms with Crippen LogP contribution < -0.4 is 5.69 Å². The summed E-state index contributed by atoms with van der Waals surface area (Å²) in [5.41, 5.74) is -0.354. The smallest absolute Gasteiger partial charge is 0.344 e. The van der Waals surface area contributed by atoms with Crippen molar-refractivity contribution in [3.05, 3.63) is 28.9 Å². The van der Waals surface area contributed by atoms with Crippen LogP contribution in [0, 0.1) is 0 Å². The van der Waals surface area contributed by atoms with Crippen molar-refractivity contribution >= 4 is 17.7 Å². The molecule has 0 saturated carbocycles. The molecule has 1 unspecified atom stereocenters. The van der Waals surface area contributed by atoms with E-state index in [1.165, 1.54) is 4.57 Å². The molecule has 0 aromatic carbocycles. The van der Waals surface area contributed by atoms with Crippen LogP contribution in [-0.4, -0.2) is 41.4 Å². The summed E-state index contributed by atoms with van der Waals surface area (Å²) in [5, 5.41) is 19.3. The zero-order chi connectivity index (χ0) is 13.8. The molecule has 0 bridgehead atoms. The molecule has 0 amide bonds.